The third-order valence-corrected chi connectivity index (χ3v) is 3.38. The largest absolute Gasteiger partial charge is 0.358 e. The van der Waals surface area contributed by atoms with Crippen LogP contribution in [0.15, 0.2) is 22.7 Å². The monoisotopic (exact) mass is 266 g/mol. The topological polar surface area (TPSA) is 27.8 Å². The zero-order chi connectivity index (χ0) is 10.8. The van der Waals surface area contributed by atoms with Crippen LogP contribution in [0.3, 0.4) is 0 Å². The molecule has 0 saturated carbocycles. The fourth-order valence-electron chi connectivity index (χ4n) is 1.96. The first-order chi connectivity index (χ1) is 7.24. The van der Waals surface area contributed by atoms with Gasteiger partial charge in [-0.2, -0.15) is 0 Å². The molecule has 3 heteroatoms. The average molecular weight is 267 g/mol. The minimum atomic E-state index is 1.01. The minimum absolute atomic E-state index is 1.01. The van der Waals surface area contributed by atoms with Gasteiger partial charge in [-0.25, -0.2) is 0 Å². The van der Waals surface area contributed by atoms with Crippen molar-refractivity contribution >= 4 is 26.8 Å². The predicted octanol–water partition coefficient (Wildman–Crippen LogP) is 3.00. The number of nitrogens with one attached hydrogen (secondary N) is 2. The lowest BCUT2D eigenvalue weighted by molar-refractivity contribution is 0.791. The number of H-pyrrole nitrogens is 1. The van der Waals surface area contributed by atoms with E-state index in [1.165, 1.54) is 26.6 Å². The highest BCUT2D eigenvalue weighted by Gasteiger charge is 2.09. The van der Waals surface area contributed by atoms with Crippen LogP contribution >= 0.6 is 15.9 Å². The molecule has 0 aliphatic rings. The molecular formula is C12H15BrN2. The summed E-state index contributed by atoms with van der Waals surface area (Å²) in [7, 11) is 1.99. The van der Waals surface area contributed by atoms with E-state index in [0.717, 1.165) is 13.0 Å². The Morgan fingerprint density at radius 2 is 2.20 bits per heavy atom. The highest BCUT2D eigenvalue weighted by molar-refractivity contribution is 9.10. The predicted molar refractivity (Wildman–Crippen MR) is 68.4 cm³/mol. The quantitative estimate of drug-likeness (QED) is 0.879. The van der Waals surface area contributed by atoms with Gasteiger partial charge in [0.05, 0.1) is 0 Å². The van der Waals surface area contributed by atoms with Gasteiger partial charge in [-0.3, -0.25) is 0 Å². The lowest BCUT2D eigenvalue weighted by Gasteiger charge is -2.02. The van der Waals surface area contributed by atoms with E-state index < -0.39 is 0 Å². The van der Waals surface area contributed by atoms with Crippen molar-refractivity contribution < 1.29 is 0 Å². The summed E-state index contributed by atoms with van der Waals surface area (Å²) in [6, 6.07) is 6.28. The van der Waals surface area contributed by atoms with Crippen molar-refractivity contribution in [2.24, 2.45) is 0 Å². The lowest BCUT2D eigenvalue weighted by atomic mass is 10.1. The third kappa shape index (κ3) is 1.94. The number of aryl methyl sites for hydroxylation is 1. The summed E-state index contributed by atoms with van der Waals surface area (Å²) in [6.45, 7) is 3.15. The molecule has 0 aliphatic carbocycles. The van der Waals surface area contributed by atoms with E-state index in [4.69, 9.17) is 0 Å². The van der Waals surface area contributed by atoms with E-state index in [-0.39, 0.29) is 0 Å². The molecule has 1 heterocycles. The van der Waals surface area contributed by atoms with Crippen LogP contribution in [-0.4, -0.2) is 18.6 Å². The van der Waals surface area contributed by atoms with Crippen LogP contribution in [0.25, 0.3) is 10.9 Å². The summed E-state index contributed by atoms with van der Waals surface area (Å²) >= 11 is 3.61. The molecule has 2 nitrogen and oxygen atoms in total. The first-order valence-corrected chi connectivity index (χ1v) is 5.93. The molecule has 15 heavy (non-hydrogen) atoms. The molecule has 0 spiro atoms. The molecule has 0 bridgehead atoms. The number of benzene rings is 1. The number of fused-ring (bicyclic) bond motifs is 1. The van der Waals surface area contributed by atoms with Crippen molar-refractivity contribution in [1.29, 1.82) is 0 Å². The van der Waals surface area contributed by atoms with E-state index >= 15 is 0 Å². The van der Waals surface area contributed by atoms with Gasteiger partial charge in [-0.1, -0.05) is 22.0 Å². The van der Waals surface area contributed by atoms with Gasteiger partial charge in [0.15, 0.2) is 0 Å². The maximum absolute atomic E-state index is 3.61. The molecule has 0 atom stereocenters. The van der Waals surface area contributed by atoms with Gasteiger partial charge in [-0.15, -0.1) is 0 Å². The maximum Gasteiger partial charge on any atom is 0.0470 e. The van der Waals surface area contributed by atoms with Crippen LogP contribution in [0.4, 0.5) is 0 Å². The molecule has 0 radical (unpaired) electrons. The Kier molecular flexibility index (Phi) is 3.12. The van der Waals surface area contributed by atoms with Gasteiger partial charge in [-0.05, 0) is 44.6 Å². The first kappa shape index (κ1) is 10.7. The van der Waals surface area contributed by atoms with Crippen LogP contribution in [0, 0.1) is 6.92 Å². The van der Waals surface area contributed by atoms with Gasteiger partial charge in [0.1, 0.15) is 0 Å². The standard InChI is InChI=1S/C12H15BrN2/c1-8-9(6-7-14-2)12-10(13)4-3-5-11(12)15-8/h3-5,14-15H,6-7H2,1-2H3. The Labute approximate surface area is 98.2 Å². The number of aromatic amines is 1. The first-order valence-electron chi connectivity index (χ1n) is 5.14. The van der Waals surface area contributed by atoms with Crippen molar-refractivity contribution in [3.05, 3.63) is 33.9 Å². The van der Waals surface area contributed by atoms with Crippen LogP contribution in [0.2, 0.25) is 0 Å². The SMILES string of the molecule is CNCCc1c(C)[nH]c2cccc(Br)c12. The summed E-state index contributed by atoms with van der Waals surface area (Å²) < 4.78 is 1.18. The third-order valence-electron chi connectivity index (χ3n) is 2.72. The second-order valence-corrected chi connectivity index (χ2v) is 4.60. The Morgan fingerprint density at radius 1 is 1.40 bits per heavy atom. The van der Waals surface area contributed by atoms with Crippen LogP contribution < -0.4 is 5.32 Å². The summed E-state index contributed by atoms with van der Waals surface area (Å²) in [4.78, 5) is 3.42. The lowest BCUT2D eigenvalue weighted by Crippen LogP contribution is -2.10. The Balaban J connectivity index is 2.55. The Morgan fingerprint density at radius 3 is 2.93 bits per heavy atom. The number of rotatable bonds is 3. The molecule has 0 saturated heterocycles. The minimum Gasteiger partial charge on any atom is -0.358 e. The molecule has 1 aromatic heterocycles. The molecule has 1 aromatic carbocycles. The zero-order valence-corrected chi connectivity index (χ0v) is 10.6. The molecule has 2 rings (SSSR count). The summed E-state index contributed by atoms with van der Waals surface area (Å²) in [6.07, 6.45) is 1.06. The Hall–Kier alpha value is -0.800. The van der Waals surface area contributed by atoms with Gasteiger partial charge < -0.3 is 10.3 Å². The summed E-state index contributed by atoms with van der Waals surface area (Å²) in [5, 5.41) is 4.51. The van der Waals surface area contributed by atoms with Gasteiger partial charge in [0, 0.05) is 21.1 Å². The number of aromatic nitrogens is 1. The molecule has 0 aliphatic heterocycles. The number of likely N-dealkylation sites (N-methyl/N-ethyl adjacent to an activating group) is 1. The van der Waals surface area contributed by atoms with E-state index in [9.17, 15) is 0 Å². The van der Waals surface area contributed by atoms with Gasteiger partial charge in [0.2, 0.25) is 0 Å². The van der Waals surface area contributed by atoms with Crippen molar-refractivity contribution in [2.45, 2.75) is 13.3 Å². The van der Waals surface area contributed by atoms with E-state index in [2.05, 4.69) is 51.4 Å². The van der Waals surface area contributed by atoms with E-state index in [0.29, 0.717) is 0 Å². The van der Waals surface area contributed by atoms with Crippen LogP contribution in [0.1, 0.15) is 11.3 Å². The molecule has 2 aromatic rings. The van der Waals surface area contributed by atoms with Gasteiger partial charge >= 0.3 is 0 Å². The zero-order valence-electron chi connectivity index (χ0n) is 9.02. The molecule has 80 valence electrons. The average Bonchev–Trinajstić information content (AvgIpc) is 2.53. The molecule has 0 fully saturated rings. The number of halogens is 1. The van der Waals surface area contributed by atoms with Gasteiger partial charge in [0.25, 0.3) is 0 Å². The fourth-order valence-corrected chi connectivity index (χ4v) is 2.57. The second kappa shape index (κ2) is 4.37. The van der Waals surface area contributed by atoms with Crippen molar-refractivity contribution in [2.75, 3.05) is 13.6 Å². The van der Waals surface area contributed by atoms with Crippen molar-refractivity contribution in [1.82, 2.24) is 10.3 Å². The highest BCUT2D eigenvalue weighted by atomic mass is 79.9. The molecule has 0 amide bonds. The van der Waals surface area contributed by atoms with Crippen LogP contribution in [0.5, 0.6) is 0 Å². The highest BCUT2D eigenvalue weighted by Crippen LogP contribution is 2.29. The maximum atomic E-state index is 3.61. The summed E-state index contributed by atoms with van der Waals surface area (Å²) in [5.41, 5.74) is 3.90. The summed E-state index contributed by atoms with van der Waals surface area (Å²) in [5.74, 6) is 0. The van der Waals surface area contributed by atoms with E-state index in [1.54, 1.807) is 0 Å². The Bertz CT molecular complexity index is 474. The fraction of sp³-hybridized carbons (Fsp3) is 0.333. The van der Waals surface area contributed by atoms with Crippen LogP contribution in [-0.2, 0) is 6.42 Å². The van der Waals surface area contributed by atoms with Crippen molar-refractivity contribution in [3.63, 3.8) is 0 Å². The number of hydrogen-bond acceptors (Lipinski definition) is 1. The van der Waals surface area contributed by atoms with Crippen molar-refractivity contribution in [3.8, 4) is 0 Å². The second-order valence-electron chi connectivity index (χ2n) is 3.74. The van der Waals surface area contributed by atoms with E-state index in [1.807, 2.05) is 7.05 Å². The normalized spacial score (nSPS) is 11.1. The smallest absolute Gasteiger partial charge is 0.0470 e. The number of hydrogen-bond donors (Lipinski definition) is 2. The molecule has 2 N–H and O–H groups in total. The molecular weight excluding hydrogens is 252 g/mol. The molecule has 0 unspecified atom stereocenters.